The zero-order valence-electron chi connectivity index (χ0n) is 12.3. The Bertz CT molecular complexity index is 313. The lowest BCUT2D eigenvalue weighted by Crippen LogP contribution is -2.58. The van der Waals surface area contributed by atoms with Crippen LogP contribution in [0, 0.1) is 5.92 Å². The van der Waals surface area contributed by atoms with E-state index in [0.29, 0.717) is 19.1 Å². The highest BCUT2D eigenvalue weighted by Gasteiger charge is 2.44. The smallest absolute Gasteiger partial charge is 0.408 e. The predicted molar refractivity (Wildman–Crippen MR) is 73.1 cm³/mol. The molecule has 0 aromatic rings. The molecule has 2 atom stereocenters. The SMILES string of the molecule is CC(C)(C)OC(=O)NC1(C2CCCNC2)CCOC1. The second kappa shape index (κ2) is 5.67. The summed E-state index contributed by atoms with van der Waals surface area (Å²) in [6.45, 7) is 8.97. The lowest BCUT2D eigenvalue weighted by atomic mass is 9.78. The van der Waals surface area contributed by atoms with Gasteiger partial charge in [0, 0.05) is 13.2 Å². The Balaban J connectivity index is 2.00. The average Bonchev–Trinajstić information content (AvgIpc) is 2.77. The Kier molecular flexibility index (Phi) is 4.36. The number of piperidine rings is 1. The summed E-state index contributed by atoms with van der Waals surface area (Å²) < 4.78 is 10.9. The minimum Gasteiger partial charge on any atom is -0.444 e. The van der Waals surface area contributed by atoms with Gasteiger partial charge in [-0.2, -0.15) is 0 Å². The van der Waals surface area contributed by atoms with Gasteiger partial charge in [0.2, 0.25) is 0 Å². The van der Waals surface area contributed by atoms with E-state index in [9.17, 15) is 4.79 Å². The number of hydrogen-bond acceptors (Lipinski definition) is 4. The number of nitrogens with one attached hydrogen (secondary N) is 2. The van der Waals surface area contributed by atoms with Gasteiger partial charge in [0.05, 0.1) is 12.1 Å². The summed E-state index contributed by atoms with van der Waals surface area (Å²) in [5, 5.41) is 6.50. The van der Waals surface area contributed by atoms with Gasteiger partial charge in [-0.3, -0.25) is 0 Å². The maximum atomic E-state index is 12.1. The van der Waals surface area contributed by atoms with Crippen molar-refractivity contribution in [3.05, 3.63) is 0 Å². The highest BCUT2D eigenvalue weighted by molar-refractivity contribution is 5.69. The normalized spacial score (nSPS) is 32.1. The molecule has 0 bridgehead atoms. The molecular formula is C14H26N2O3. The number of ether oxygens (including phenoxy) is 2. The Morgan fingerprint density at radius 2 is 2.26 bits per heavy atom. The molecule has 2 fully saturated rings. The van der Waals surface area contributed by atoms with Gasteiger partial charge in [-0.15, -0.1) is 0 Å². The molecule has 2 rings (SSSR count). The fourth-order valence-electron chi connectivity index (χ4n) is 2.93. The summed E-state index contributed by atoms with van der Waals surface area (Å²) in [7, 11) is 0. The first-order valence-electron chi connectivity index (χ1n) is 7.21. The number of amides is 1. The van der Waals surface area contributed by atoms with Crippen LogP contribution < -0.4 is 10.6 Å². The summed E-state index contributed by atoms with van der Waals surface area (Å²) in [4.78, 5) is 12.1. The van der Waals surface area contributed by atoms with Gasteiger partial charge < -0.3 is 20.1 Å². The van der Waals surface area contributed by atoms with E-state index in [-0.39, 0.29) is 11.6 Å². The molecule has 0 aliphatic carbocycles. The molecule has 2 saturated heterocycles. The third-order valence-electron chi connectivity index (χ3n) is 3.88. The largest absolute Gasteiger partial charge is 0.444 e. The van der Waals surface area contributed by atoms with Gasteiger partial charge in [-0.1, -0.05) is 0 Å². The van der Waals surface area contributed by atoms with Gasteiger partial charge in [-0.05, 0) is 52.5 Å². The lowest BCUT2D eigenvalue weighted by molar-refractivity contribution is 0.0363. The van der Waals surface area contributed by atoms with E-state index in [1.54, 1.807) is 0 Å². The summed E-state index contributed by atoms with van der Waals surface area (Å²) in [6.07, 6.45) is 2.83. The van der Waals surface area contributed by atoms with Crippen molar-refractivity contribution in [2.45, 2.75) is 51.2 Å². The Morgan fingerprint density at radius 1 is 1.47 bits per heavy atom. The van der Waals surface area contributed by atoms with Crippen molar-refractivity contribution in [2.24, 2.45) is 5.92 Å². The summed E-state index contributed by atoms with van der Waals surface area (Å²) >= 11 is 0. The minimum absolute atomic E-state index is 0.254. The third kappa shape index (κ3) is 3.83. The second-order valence-electron chi connectivity index (χ2n) is 6.63. The van der Waals surface area contributed by atoms with Gasteiger partial charge in [0.1, 0.15) is 5.60 Å². The van der Waals surface area contributed by atoms with Crippen molar-refractivity contribution >= 4 is 6.09 Å². The lowest BCUT2D eigenvalue weighted by Gasteiger charge is -2.39. The molecule has 2 aliphatic heterocycles. The van der Waals surface area contributed by atoms with Gasteiger partial charge in [-0.25, -0.2) is 4.79 Å². The summed E-state index contributed by atoms with van der Waals surface area (Å²) in [6, 6.07) is 0. The third-order valence-corrected chi connectivity index (χ3v) is 3.88. The minimum atomic E-state index is -0.463. The molecular weight excluding hydrogens is 244 g/mol. The number of rotatable bonds is 2. The first-order chi connectivity index (χ1) is 8.91. The zero-order chi connectivity index (χ0) is 13.9. The molecule has 2 heterocycles. The molecule has 0 aromatic heterocycles. The Morgan fingerprint density at radius 3 is 2.79 bits per heavy atom. The predicted octanol–water partition coefficient (Wildman–Crippen LogP) is 1.67. The number of alkyl carbamates (subject to hydrolysis) is 1. The number of carbonyl (C=O) groups excluding carboxylic acids is 1. The molecule has 5 heteroatoms. The van der Waals surface area contributed by atoms with Crippen molar-refractivity contribution in [1.29, 1.82) is 0 Å². The fourth-order valence-corrected chi connectivity index (χ4v) is 2.93. The van der Waals surface area contributed by atoms with Gasteiger partial charge in [0.25, 0.3) is 0 Å². The van der Waals surface area contributed by atoms with Crippen LogP contribution in [0.4, 0.5) is 4.79 Å². The number of hydrogen-bond donors (Lipinski definition) is 2. The molecule has 0 spiro atoms. The fraction of sp³-hybridized carbons (Fsp3) is 0.929. The van der Waals surface area contributed by atoms with Crippen LogP contribution in [0.25, 0.3) is 0 Å². The molecule has 2 unspecified atom stereocenters. The van der Waals surface area contributed by atoms with Crippen LogP contribution >= 0.6 is 0 Å². The average molecular weight is 270 g/mol. The standard InChI is InChI=1S/C14H26N2O3/c1-13(2,3)19-12(17)16-14(6-8-18-10-14)11-5-4-7-15-9-11/h11,15H,4-10H2,1-3H3,(H,16,17). The van der Waals surface area contributed by atoms with Crippen LogP contribution in [0.15, 0.2) is 0 Å². The van der Waals surface area contributed by atoms with E-state index in [0.717, 1.165) is 32.4 Å². The van der Waals surface area contributed by atoms with Crippen LogP contribution in [0.5, 0.6) is 0 Å². The van der Waals surface area contributed by atoms with Crippen LogP contribution in [-0.4, -0.2) is 43.5 Å². The molecule has 1 amide bonds. The maximum absolute atomic E-state index is 12.1. The molecule has 0 radical (unpaired) electrons. The highest BCUT2D eigenvalue weighted by Crippen LogP contribution is 2.32. The van der Waals surface area contributed by atoms with Crippen molar-refractivity contribution in [3.8, 4) is 0 Å². The van der Waals surface area contributed by atoms with Gasteiger partial charge in [0.15, 0.2) is 0 Å². The van der Waals surface area contributed by atoms with E-state index in [2.05, 4.69) is 10.6 Å². The molecule has 2 N–H and O–H groups in total. The van der Waals surface area contributed by atoms with Crippen molar-refractivity contribution in [1.82, 2.24) is 10.6 Å². The maximum Gasteiger partial charge on any atom is 0.408 e. The van der Waals surface area contributed by atoms with E-state index in [4.69, 9.17) is 9.47 Å². The van der Waals surface area contributed by atoms with Crippen molar-refractivity contribution in [2.75, 3.05) is 26.3 Å². The van der Waals surface area contributed by atoms with Crippen LogP contribution in [0.2, 0.25) is 0 Å². The molecule has 5 nitrogen and oxygen atoms in total. The number of carbonyl (C=O) groups is 1. The molecule has 0 aromatic carbocycles. The summed E-state index contributed by atoms with van der Waals surface area (Å²) in [5.74, 6) is 0.427. The Labute approximate surface area is 115 Å². The monoisotopic (exact) mass is 270 g/mol. The Hall–Kier alpha value is -0.810. The second-order valence-corrected chi connectivity index (χ2v) is 6.63. The summed E-state index contributed by atoms with van der Waals surface area (Å²) in [5.41, 5.74) is -0.717. The van der Waals surface area contributed by atoms with E-state index < -0.39 is 5.60 Å². The molecule has 0 saturated carbocycles. The zero-order valence-corrected chi connectivity index (χ0v) is 12.3. The van der Waals surface area contributed by atoms with Crippen LogP contribution in [0.3, 0.4) is 0 Å². The van der Waals surface area contributed by atoms with Crippen LogP contribution in [-0.2, 0) is 9.47 Å². The molecule has 2 aliphatic rings. The molecule has 19 heavy (non-hydrogen) atoms. The van der Waals surface area contributed by atoms with Crippen molar-refractivity contribution < 1.29 is 14.3 Å². The first kappa shape index (κ1) is 14.6. The van der Waals surface area contributed by atoms with Gasteiger partial charge >= 0.3 is 6.09 Å². The van der Waals surface area contributed by atoms with E-state index >= 15 is 0 Å². The molecule has 110 valence electrons. The van der Waals surface area contributed by atoms with Crippen molar-refractivity contribution in [3.63, 3.8) is 0 Å². The van der Waals surface area contributed by atoms with E-state index in [1.165, 1.54) is 0 Å². The van der Waals surface area contributed by atoms with E-state index in [1.807, 2.05) is 20.8 Å². The van der Waals surface area contributed by atoms with Crippen LogP contribution in [0.1, 0.15) is 40.0 Å². The highest BCUT2D eigenvalue weighted by atomic mass is 16.6. The quantitative estimate of drug-likeness (QED) is 0.801. The first-order valence-corrected chi connectivity index (χ1v) is 7.21. The topological polar surface area (TPSA) is 59.6 Å².